The molecule has 0 saturated heterocycles. The molecule has 0 fully saturated rings. The molecule has 4 nitrogen and oxygen atoms in total. The number of hydrogen-bond donors (Lipinski definition) is 2. The lowest BCUT2D eigenvalue weighted by atomic mass is 10.3. The second-order valence-electron chi connectivity index (χ2n) is 2.85. The molecular formula is C10H15NO3. The van der Waals surface area contributed by atoms with Crippen LogP contribution in [0.4, 0.5) is 0 Å². The fourth-order valence-electron chi connectivity index (χ4n) is 0.992. The highest BCUT2D eigenvalue weighted by atomic mass is 16.5. The second-order valence-corrected chi connectivity index (χ2v) is 2.85. The average Bonchev–Trinajstić information content (AvgIpc) is 2.26. The van der Waals surface area contributed by atoms with Crippen molar-refractivity contribution >= 4 is 0 Å². The van der Waals surface area contributed by atoms with Crippen LogP contribution in [0.25, 0.3) is 0 Å². The van der Waals surface area contributed by atoms with Crippen LogP contribution in [-0.2, 0) is 0 Å². The Labute approximate surface area is 83.3 Å². The SMILES string of the molecule is COc1ccccc1OCC(O)CN. The fraction of sp³-hybridized carbons (Fsp3) is 0.400. The number of nitrogens with two attached hydrogens (primary N) is 1. The Morgan fingerprint density at radius 3 is 2.57 bits per heavy atom. The third-order valence-electron chi connectivity index (χ3n) is 1.77. The molecule has 1 rings (SSSR count). The van der Waals surface area contributed by atoms with E-state index in [0.29, 0.717) is 11.5 Å². The summed E-state index contributed by atoms with van der Waals surface area (Å²) in [6.07, 6.45) is -0.639. The number of hydrogen-bond acceptors (Lipinski definition) is 4. The largest absolute Gasteiger partial charge is 0.493 e. The van der Waals surface area contributed by atoms with Crippen molar-refractivity contribution < 1.29 is 14.6 Å². The molecule has 1 aromatic rings. The van der Waals surface area contributed by atoms with Gasteiger partial charge in [-0.05, 0) is 12.1 Å². The van der Waals surface area contributed by atoms with Crippen molar-refractivity contribution in [3.8, 4) is 11.5 Å². The Kier molecular flexibility index (Phi) is 4.22. The van der Waals surface area contributed by atoms with Crippen LogP contribution < -0.4 is 15.2 Å². The molecule has 0 aliphatic carbocycles. The van der Waals surface area contributed by atoms with Gasteiger partial charge in [0.15, 0.2) is 11.5 Å². The van der Waals surface area contributed by atoms with E-state index >= 15 is 0 Å². The first-order chi connectivity index (χ1) is 6.77. The normalized spacial score (nSPS) is 12.2. The Bertz CT molecular complexity index is 278. The molecule has 0 bridgehead atoms. The summed E-state index contributed by atoms with van der Waals surface area (Å²) in [5.41, 5.74) is 5.25. The van der Waals surface area contributed by atoms with Crippen LogP contribution in [0, 0.1) is 0 Å². The van der Waals surface area contributed by atoms with Crippen molar-refractivity contribution in [3.63, 3.8) is 0 Å². The molecular weight excluding hydrogens is 182 g/mol. The Morgan fingerprint density at radius 1 is 1.36 bits per heavy atom. The van der Waals surface area contributed by atoms with E-state index in [1.54, 1.807) is 19.2 Å². The van der Waals surface area contributed by atoms with E-state index < -0.39 is 6.10 Å². The highest BCUT2D eigenvalue weighted by Crippen LogP contribution is 2.25. The number of methoxy groups -OCH3 is 1. The standard InChI is InChI=1S/C10H15NO3/c1-13-9-4-2-3-5-10(9)14-7-8(12)6-11/h2-5,8,12H,6-7,11H2,1H3. The molecule has 1 unspecified atom stereocenters. The molecule has 1 atom stereocenters. The minimum Gasteiger partial charge on any atom is -0.493 e. The van der Waals surface area contributed by atoms with Gasteiger partial charge in [0.05, 0.1) is 7.11 Å². The van der Waals surface area contributed by atoms with Gasteiger partial charge in [0.1, 0.15) is 12.7 Å². The quantitative estimate of drug-likeness (QED) is 0.716. The van der Waals surface area contributed by atoms with E-state index in [1.807, 2.05) is 12.1 Å². The highest BCUT2D eigenvalue weighted by molar-refractivity contribution is 5.39. The summed E-state index contributed by atoms with van der Waals surface area (Å²) in [5.74, 6) is 1.26. The first-order valence-corrected chi connectivity index (χ1v) is 4.42. The van der Waals surface area contributed by atoms with E-state index in [2.05, 4.69) is 0 Å². The van der Waals surface area contributed by atoms with Crippen LogP contribution in [0.2, 0.25) is 0 Å². The third-order valence-corrected chi connectivity index (χ3v) is 1.77. The van der Waals surface area contributed by atoms with Gasteiger partial charge in [0.2, 0.25) is 0 Å². The zero-order valence-corrected chi connectivity index (χ0v) is 8.14. The van der Waals surface area contributed by atoms with Crippen molar-refractivity contribution in [1.29, 1.82) is 0 Å². The summed E-state index contributed by atoms with van der Waals surface area (Å²) in [5, 5.41) is 9.19. The van der Waals surface area contributed by atoms with Gasteiger partial charge in [-0.2, -0.15) is 0 Å². The monoisotopic (exact) mass is 197 g/mol. The van der Waals surface area contributed by atoms with Crippen LogP contribution in [0.15, 0.2) is 24.3 Å². The predicted molar refractivity (Wildman–Crippen MR) is 53.6 cm³/mol. The number of benzene rings is 1. The highest BCUT2D eigenvalue weighted by Gasteiger charge is 2.05. The zero-order chi connectivity index (χ0) is 10.4. The summed E-state index contributed by atoms with van der Waals surface area (Å²) >= 11 is 0. The van der Waals surface area contributed by atoms with E-state index in [9.17, 15) is 5.11 Å². The molecule has 0 spiro atoms. The fourth-order valence-corrected chi connectivity index (χ4v) is 0.992. The molecule has 0 aromatic heterocycles. The maximum atomic E-state index is 9.19. The first-order valence-electron chi connectivity index (χ1n) is 4.42. The Morgan fingerprint density at radius 2 is 2.00 bits per heavy atom. The van der Waals surface area contributed by atoms with Gasteiger partial charge in [-0.3, -0.25) is 0 Å². The first kappa shape index (κ1) is 10.8. The Hall–Kier alpha value is -1.26. The molecule has 0 saturated carbocycles. The van der Waals surface area contributed by atoms with Crippen molar-refractivity contribution in [1.82, 2.24) is 0 Å². The molecule has 1 aromatic carbocycles. The number of aliphatic hydroxyl groups is 1. The van der Waals surface area contributed by atoms with Gasteiger partial charge in [-0.25, -0.2) is 0 Å². The lowest BCUT2D eigenvalue weighted by molar-refractivity contribution is 0.112. The zero-order valence-electron chi connectivity index (χ0n) is 8.14. The lowest BCUT2D eigenvalue weighted by Gasteiger charge is -2.12. The maximum absolute atomic E-state index is 9.19. The van der Waals surface area contributed by atoms with Crippen LogP contribution in [0.1, 0.15) is 0 Å². The topological polar surface area (TPSA) is 64.7 Å². The van der Waals surface area contributed by atoms with E-state index in [1.165, 1.54) is 0 Å². The minimum atomic E-state index is -0.639. The number of para-hydroxylation sites is 2. The van der Waals surface area contributed by atoms with Crippen molar-refractivity contribution in [2.45, 2.75) is 6.10 Å². The van der Waals surface area contributed by atoms with Gasteiger partial charge in [0, 0.05) is 6.54 Å². The summed E-state index contributed by atoms with van der Waals surface area (Å²) < 4.78 is 10.4. The maximum Gasteiger partial charge on any atom is 0.161 e. The molecule has 0 radical (unpaired) electrons. The molecule has 0 heterocycles. The van der Waals surface area contributed by atoms with Gasteiger partial charge in [0.25, 0.3) is 0 Å². The molecule has 78 valence electrons. The van der Waals surface area contributed by atoms with Gasteiger partial charge in [-0.1, -0.05) is 12.1 Å². The van der Waals surface area contributed by atoms with Crippen LogP contribution in [0.3, 0.4) is 0 Å². The molecule has 0 aliphatic heterocycles. The van der Waals surface area contributed by atoms with E-state index in [0.717, 1.165) is 0 Å². The third kappa shape index (κ3) is 2.90. The van der Waals surface area contributed by atoms with Crippen LogP contribution in [0.5, 0.6) is 11.5 Å². The lowest BCUT2D eigenvalue weighted by Crippen LogP contribution is -2.26. The summed E-state index contributed by atoms with van der Waals surface area (Å²) in [7, 11) is 1.57. The molecule has 4 heteroatoms. The van der Waals surface area contributed by atoms with Crippen molar-refractivity contribution in [2.75, 3.05) is 20.3 Å². The molecule has 0 aliphatic rings. The smallest absolute Gasteiger partial charge is 0.161 e. The van der Waals surface area contributed by atoms with E-state index in [4.69, 9.17) is 15.2 Å². The van der Waals surface area contributed by atoms with Crippen LogP contribution >= 0.6 is 0 Å². The van der Waals surface area contributed by atoms with Gasteiger partial charge < -0.3 is 20.3 Å². The summed E-state index contributed by atoms with van der Waals surface area (Å²) in [4.78, 5) is 0. The number of ether oxygens (including phenoxy) is 2. The van der Waals surface area contributed by atoms with E-state index in [-0.39, 0.29) is 13.2 Å². The van der Waals surface area contributed by atoms with Gasteiger partial charge in [-0.15, -0.1) is 0 Å². The summed E-state index contributed by atoms with van der Waals surface area (Å²) in [6, 6.07) is 7.27. The molecule has 3 N–H and O–H groups in total. The van der Waals surface area contributed by atoms with Crippen molar-refractivity contribution in [2.24, 2.45) is 5.73 Å². The Balaban J connectivity index is 2.57. The number of aliphatic hydroxyl groups excluding tert-OH is 1. The van der Waals surface area contributed by atoms with Crippen LogP contribution in [-0.4, -0.2) is 31.5 Å². The molecule has 0 amide bonds. The molecule has 14 heavy (non-hydrogen) atoms. The minimum absolute atomic E-state index is 0.177. The van der Waals surface area contributed by atoms with Crippen molar-refractivity contribution in [3.05, 3.63) is 24.3 Å². The second kappa shape index (κ2) is 5.47. The number of rotatable bonds is 5. The average molecular weight is 197 g/mol. The predicted octanol–water partition coefficient (Wildman–Crippen LogP) is 0.394. The van der Waals surface area contributed by atoms with Gasteiger partial charge >= 0.3 is 0 Å². The summed E-state index contributed by atoms with van der Waals surface area (Å²) in [6.45, 7) is 0.367.